The summed E-state index contributed by atoms with van der Waals surface area (Å²) in [7, 11) is 0. The summed E-state index contributed by atoms with van der Waals surface area (Å²) in [6, 6.07) is 0. The molecule has 11 heavy (non-hydrogen) atoms. The minimum atomic E-state index is -0.757. The van der Waals surface area contributed by atoms with Gasteiger partial charge < -0.3 is 5.11 Å². The normalized spacial score (nSPS) is 11.5. The topological polar surface area (TPSA) is 37.3 Å². The molecule has 0 fully saturated rings. The number of aliphatic carboxylic acids is 1. The van der Waals surface area contributed by atoms with E-state index < -0.39 is 5.97 Å². The van der Waals surface area contributed by atoms with Crippen LogP contribution in [0.5, 0.6) is 0 Å². The number of carboxylic acids is 1. The van der Waals surface area contributed by atoms with Crippen molar-refractivity contribution in [3.05, 3.63) is 17.9 Å². The van der Waals surface area contributed by atoms with Crippen molar-refractivity contribution in [2.45, 2.75) is 26.7 Å². The molecule has 0 bridgehead atoms. The molecular weight excluding hydrogens is 140 g/mol. The summed E-state index contributed by atoms with van der Waals surface area (Å²) in [6.45, 7) is 3.88. The van der Waals surface area contributed by atoms with Gasteiger partial charge in [-0.15, -0.1) is 5.73 Å². The molecule has 0 aliphatic heterocycles. The maximum atomic E-state index is 10.2. The van der Waals surface area contributed by atoms with E-state index in [4.69, 9.17) is 5.11 Å². The molecule has 0 saturated heterocycles. The highest BCUT2D eigenvalue weighted by Gasteiger charge is 2.01. The van der Waals surface area contributed by atoms with Crippen LogP contribution in [0.4, 0.5) is 0 Å². The van der Waals surface area contributed by atoms with Gasteiger partial charge in [-0.1, -0.05) is 13.8 Å². The zero-order valence-electron chi connectivity index (χ0n) is 7.00. The lowest BCUT2D eigenvalue weighted by atomic mass is 10.1. The number of hydrogen-bond acceptors (Lipinski definition) is 1. The van der Waals surface area contributed by atoms with Gasteiger partial charge in [0.15, 0.2) is 0 Å². The summed E-state index contributed by atoms with van der Waals surface area (Å²) < 4.78 is 0. The first-order valence-corrected chi connectivity index (χ1v) is 3.79. The monoisotopic (exact) mass is 154 g/mol. The van der Waals surface area contributed by atoms with Crippen molar-refractivity contribution in [3.63, 3.8) is 0 Å². The molecule has 0 aromatic rings. The van der Waals surface area contributed by atoms with Gasteiger partial charge in [0.25, 0.3) is 0 Å². The third-order valence-electron chi connectivity index (χ3n) is 1.20. The Labute approximate surface area is 67.2 Å². The van der Waals surface area contributed by atoms with Gasteiger partial charge in [-0.05, 0) is 24.5 Å². The zero-order valence-corrected chi connectivity index (χ0v) is 7.00. The van der Waals surface area contributed by atoms with E-state index in [1.165, 1.54) is 0 Å². The fraction of sp³-hybridized carbons (Fsp3) is 0.556. The van der Waals surface area contributed by atoms with Gasteiger partial charge in [0.2, 0.25) is 0 Å². The number of carbonyl (C=O) groups is 1. The molecule has 1 N–H and O–H groups in total. The number of carboxylic acid groups (broad SMARTS) is 1. The molecule has 0 rings (SSSR count). The number of hydrogen-bond donors (Lipinski definition) is 1. The van der Waals surface area contributed by atoms with E-state index in [0.29, 0.717) is 0 Å². The van der Waals surface area contributed by atoms with Crippen LogP contribution in [0.15, 0.2) is 17.9 Å². The van der Waals surface area contributed by atoms with Crippen LogP contribution in [-0.2, 0) is 4.79 Å². The predicted octanol–water partition coefficient (Wildman–Crippen LogP) is 2.22. The van der Waals surface area contributed by atoms with Gasteiger partial charge >= 0.3 is 5.97 Å². The molecule has 0 heterocycles. The molecule has 0 aromatic carbocycles. The van der Waals surface area contributed by atoms with Crippen molar-refractivity contribution in [1.82, 2.24) is 0 Å². The highest BCUT2D eigenvalue weighted by molar-refractivity contribution is 5.67. The Morgan fingerprint density at radius 2 is 2.36 bits per heavy atom. The molecule has 1 unspecified atom stereocenters. The van der Waals surface area contributed by atoms with Gasteiger partial charge in [-0.2, -0.15) is 0 Å². The van der Waals surface area contributed by atoms with Crippen molar-refractivity contribution in [2.24, 2.45) is 5.92 Å². The quantitative estimate of drug-likeness (QED) is 0.630. The largest absolute Gasteiger partial charge is 0.481 e. The average Bonchev–Trinajstić information content (AvgIpc) is 1.86. The third-order valence-corrected chi connectivity index (χ3v) is 1.20. The summed E-state index contributed by atoms with van der Waals surface area (Å²) in [5, 5.41) is 8.38. The van der Waals surface area contributed by atoms with Gasteiger partial charge in [0.05, 0.1) is 6.42 Å². The zero-order chi connectivity index (χ0) is 8.69. The summed E-state index contributed by atoms with van der Waals surface area (Å²) in [5.41, 5.74) is 2.93. The van der Waals surface area contributed by atoms with Gasteiger partial charge in [-0.25, -0.2) is 0 Å². The van der Waals surface area contributed by atoms with Crippen LogP contribution in [-0.4, -0.2) is 11.1 Å². The first kappa shape index (κ1) is 9.99. The van der Waals surface area contributed by atoms with E-state index in [-0.39, 0.29) is 12.3 Å². The van der Waals surface area contributed by atoms with Crippen LogP contribution in [0, 0.1) is 5.92 Å². The Bertz CT molecular complexity index is 176. The molecule has 0 saturated carbocycles. The molecule has 0 radical (unpaired) electrons. The molecule has 2 heteroatoms. The molecule has 0 amide bonds. The number of rotatable bonds is 4. The lowest BCUT2D eigenvalue weighted by Gasteiger charge is -1.96. The fourth-order valence-electron chi connectivity index (χ4n) is 0.685. The second-order valence-corrected chi connectivity index (χ2v) is 2.52. The first-order chi connectivity index (χ1) is 5.16. The van der Waals surface area contributed by atoms with Crippen LogP contribution in [0.25, 0.3) is 0 Å². The van der Waals surface area contributed by atoms with Crippen LogP contribution < -0.4 is 0 Å². The van der Waals surface area contributed by atoms with E-state index in [0.717, 1.165) is 6.42 Å². The molecule has 0 spiro atoms. The molecule has 62 valence electrons. The smallest absolute Gasteiger partial charge is 0.303 e. The maximum Gasteiger partial charge on any atom is 0.303 e. The second-order valence-electron chi connectivity index (χ2n) is 2.52. The first-order valence-electron chi connectivity index (χ1n) is 3.79. The van der Waals surface area contributed by atoms with Crippen LogP contribution in [0.2, 0.25) is 0 Å². The van der Waals surface area contributed by atoms with Crippen molar-refractivity contribution in [2.75, 3.05) is 0 Å². The van der Waals surface area contributed by atoms with Gasteiger partial charge in [0, 0.05) is 0 Å². The Morgan fingerprint density at radius 1 is 1.73 bits per heavy atom. The standard InChI is InChI=1S/C9H14O2/c1-3-4-5-6-8(2)7-9(10)11/h4,6,8H,3,7H2,1-2H3,(H,10,11). The van der Waals surface area contributed by atoms with E-state index in [1.807, 2.05) is 19.9 Å². The Balaban J connectivity index is 3.76. The predicted molar refractivity (Wildman–Crippen MR) is 44.4 cm³/mol. The minimum absolute atomic E-state index is 0.0790. The lowest BCUT2D eigenvalue weighted by Crippen LogP contribution is -2.00. The van der Waals surface area contributed by atoms with E-state index in [9.17, 15) is 4.79 Å². The lowest BCUT2D eigenvalue weighted by molar-refractivity contribution is -0.137. The average molecular weight is 154 g/mol. The molecule has 2 nitrogen and oxygen atoms in total. The highest BCUT2D eigenvalue weighted by atomic mass is 16.4. The van der Waals surface area contributed by atoms with E-state index in [1.54, 1.807) is 6.08 Å². The van der Waals surface area contributed by atoms with E-state index in [2.05, 4.69) is 5.73 Å². The van der Waals surface area contributed by atoms with Gasteiger partial charge in [0.1, 0.15) is 0 Å². The maximum absolute atomic E-state index is 10.2. The van der Waals surface area contributed by atoms with Crippen molar-refractivity contribution >= 4 is 5.97 Å². The summed E-state index contributed by atoms with van der Waals surface area (Å²) in [5.74, 6) is -0.678. The molecule has 0 aliphatic carbocycles. The van der Waals surface area contributed by atoms with Crippen LogP contribution >= 0.6 is 0 Å². The molecule has 0 aliphatic rings. The minimum Gasteiger partial charge on any atom is -0.481 e. The van der Waals surface area contributed by atoms with Crippen molar-refractivity contribution in [1.29, 1.82) is 0 Å². The highest BCUT2D eigenvalue weighted by Crippen LogP contribution is 2.01. The van der Waals surface area contributed by atoms with Crippen LogP contribution in [0.3, 0.4) is 0 Å². The van der Waals surface area contributed by atoms with Gasteiger partial charge in [-0.3, -0.25) is 4.79 Å². The second kappa shape index (κ2) is 5.75. The fourth-order valence-corrected chi connectivity index (χ4v) is 0.685. The van der Waals surface area contributed by atoms with Crippen LogP contribution in [0.1, 0.15) is 26.7 Å². The summed E-state index contributed by atoms with van der Waals surface area (Å²) in [6.07, 6.45) is 4.80. The SMILES string of the molecule is CCC=C=CC(C)CC(=O)O. The van der Waals surface area contributed by atoms with Crippen molar-refractivity contribution in [3.8, 4) is 0 Å². The summed E-state index contributed by atoms with van der Waals surface area (Å²) >= 11 is 0. The Kier molecular flexibility index (Phi) is 5.22. The Hall–Kier alpha value is -1.01. The molecule has 1 atom stereocenters. The van der Waals surface area contributed by atoms with E-state index >= 15 is 0 Å². The number of allylic oxidation sites excluding steroid dienone is 1. The summed E-state index contributed by atoms with van der Waals surface area (Å²) in [4.78, 5) is 10.2. The third kappa shape index (κ3) is 6.88. The van der Waals surface area contributed by atoms with Crippen molar-refractivity contribution < 1.29 is 9.90 Å². The Morgan fingerprint density at radius 3 is 2.82 bits per heavy atom. The molecular formula is C9H14O2. The molecule has 0 aromatic heterocycles.